The molecule has 3 rings (SSSR count). The molecular weight excluding hydrogens is 360 g/mol. The topological polar surface area (TPSA) is 45.2 Å². The molecule has 28 heavy (non-hydrogen) atoms. The number of alkyl halides is 2. The first kappa shape index (κ1) is 20.2. The number of hydrogen-bond acceptors (Lipinski definition) is 3. The first-order chi connectivity index (χ1) is 13.5. The Morgan fingerprint density at radius 3 is 2.71 bits per heavy atom. The van der Waals surface area contributed by atoms with Crippen molar-refractivity contribution in [3.8, 4) is 11.1 Å². The number of hydrogen-bond donors (Lipinski definition) is 1. The van der Waals surface area contributed by atoms with Gasteiger partial charge in [-0.15, -0.1) is 0 Å². The summed E-state index contributed by atoms with van der Waals surface area (Å²) in [5.41, 5.74) is 3.41. The van der Waals surface area contributed by atoms with Gasteiger partial charge >= 0.3 is 0 Å². The Balaban J connectivity index is 2.04. The number of carbonyl (C=O) groups is 1. The highest BCUT2D eigenvalue weighted by Gasteiger charge is 2.25. The van der Waals surface area contributed by atoms with Crippen LogP contribution in [0.3, 0.4) is 0 Å². The molecule has 0 saturated heterocycles. The van der Waals surface area contributed by atoms with Gasteiger partial charge in [-0.3, -0.25) is 9.78 Å². The fourth-order valence-electron chi connectivity index (χ4n) is 3.95. The van der Waals surface area contributed by atoms with Crippen LogP contribution >= 0.6 is 0 Å². The molecule has 6 heteroatoms. The van der Waals surface area contributed by atoms with Crippen LogP contribution in [-0.2, 0) is 6.42 Å². The summed E-state index contributed by atoms with van der Waals surface area (Å²) in [6, 6.07) is 7.13. The lowest BCUT2D eigenvalue weighted by Gasteiger charge is -2.37. The van der Waals surface area contributed by atoms with Crippen molar-refractivity contribution in [1.29, 1.82) is 0 Å². The van der Waals surface area contributed by atoms with Gasteiger partial charge in [-0.25, -0.2) is 8.78 Å². The van der Waals surface area contributed by atoms with E-state index >= 15 is 0 Å². The first-order valence-corrected chi connectivity index (χ1v) is 9.86. The number of nitrogens with one attached hydrogen (secondary N) is 1. The van der Waals surface area contributed by atoms with Crippen molar-refractivity contribution in [1.82, 2.24) is 10.3 Å². The number of benzene rings is 1. The molecule has 1 aromatic heterocycles. The molecule has 150 valence electrons. The monoisotopic (exact) mass is 387 g/mol. The van der Waals surface area contributed by atoms with Gasteiger partial charge < -0.3 is 10.2 Å². The minimum atomic E-state index is -2.58. The number of aryl methyl sites for hydroxylation is 1. The van der Waals surface area contributed by atoms with Gasteiger partial charge in [0.2, 0.25) is 0 Å². The number of anilines is 1. The molecule has 0 fully saturated rings. The summed E-state index contributed by atoms with van der Waals surface area (Å²) >= 11 is 0. The van der Waals surface area contributed by atoms with Gasteiger partial charge in [-0.2, -0.15) is 0 Å². The number of fused-ring (bicyclic) bond motifs is 1. The number of aromatic nitrogens is 1. The molecule has 0 saturated carbocycles. The van der Waals surface area contributed by atoms with E-state index in [0.29, 0.717) is 17.2 Å². The van der Waals surface area contributed by atoms with E-state index in [4.69, 9.17) is 0 Å². The zero-order chi connectivity index (χ0) is 20.3. The van der Waals surface area contributed by atoms with E-state index in [1.54, 1.807) is 18.2 Å². The van der Waals surface area contributed by atoms with Crippen molar-refractivity contribution < 1.29 is 13.6 Å². The molecule has 1 atom stereocenters. The van der Waals surface area contributed by atoms with Gasteiger partial charge in [-0.05, 0) is 55.5 Å². The Kier molecular flexibility index (Phi) is 6.27. The average Bonchev–Trinajstić information content (AvgIpc) is 2.71. The minimum Gasteiger partial charge on any atom is -0.369 e. The van der Waals surface area contributed by atoms with Crippen LogP contribution in [0.15, 0.2) is 30.5 Å². The number of amides is 1. The normalized spacial score (nSPS) is 14.7. The van der Waals surface area contributed by atoms with Gasteiger partial charge in [0.1, 0.15) is 5.69 Å². The Labute approximate surface area is 165 Å². The molecule has 2 aromatic rings. The molecule has 0 radical (unpaired) electrons. The second-order valence-electron chi connectivity index (χ2n) is 7.31. The predicted octanol–water partition coefficient (Wildman–Crippen LogP) is 4.99. The molecule has 1 unspecified atom stereocenters. The highest BCUT2D eigenvalue weighted by molar-refractivity contribution is 5.92. The van der Waals surface area contributed by atoms with Gasteiger partial charge in [0.15, 0.2) is 0 Å². The molecule has 1 amide bonds. The Hall–Kier alpha value is -2.50. The maximum atomic E-state index is 13.9. The van der Waals surface area contributed by atoms with Crippen LogP contribution in [0.4, 0.5) is 14.5 Å². The van der Waals surface area contributed by atoms with E-state index in [-0.39, 0.29) is 17.2 Å². The smallest absolute Gasteiger partial charge is 0.269 e. The lowest BCUT2D eigenvalue weighted by Crippen LogP contribution is -2.37. The average molecular weight is 387 g/mol. The second-order valence-corrected chi connectivity index (χ2v) is 7.31. The molecule has 1 N–H and O–H groups in total. The van der Waals surface area contributed by atoms with Crippen molar-refractivity contribution in [2.45, 2.75) is 52.0 Å². The zero-order valence-corrected chi connectivity index (χ0v) is 16.6. The van der Waals surface area contributed by atoms with Crippen LogP contribution in [0.5, 0.6) is 0 Å². The Morgan fingerprint density at radius 2 is 2.11 bits per heavy atom. The largest absolute Gasteiger partial charge is 0.369 e. The number of nitrogens with zero attached hydrogens (tertiary/aromatic N) is 2. The van der Waals surface area contributed by atoms with E-state index in [1.807, 2.05) is 6.07 Å². The van der Waals surface area contributed by atoms with E-state index in [2.05, 4.69) is 29.0 Å². The van der Waals surface area contributed by atoms with Crippen molar-refractivity contribution >= 4 is 11.6 Å². The molecule has 1 aliphatic heterocycles. The van der Waals surface area contributed by atoms with E-state index < -0.39 is 6.43 Å². The summed E-state index contributed by atoms with van der Waals surface area (Å²) in [6.45, 7) is 5.21. The van der Waals surface area contributed by atoms with Crippen molar-refractivity contribution in [2.75, 3.05) is 18.5 Å². The summed E-state index contributed by atoms with van der Waals surface area (Å²) in [5.74, 6) is -0.299. The Bertz CT molecular complexity index is 836. The van der Waals surface area contributed by atoms with Gasteiger partial charge in [-0.1, -0.05) is 19.4 Å². The third-order valence-corrected chi connectivity index (χ3v) is 5.41. The highest BCUT2D eigenvalue weighted by Crippen LogP contribution is 2.39. The Morgan fingerprint density at radius 1 is 1.32 bits per heavy atom. The third kappa shape index (κ3) is 4.01. The minimum absolute atomic E-state index is 0.0174. The lowest BCUT2D eigenvalue weighted by molar-refractivity contribution is 0.0958. The lowest BCUT2D eigenvalue weighted by atomic mass is 9.91. The molecule has 0 spiro atoms. The molecule has 0 aliphatic carbocycles. The van der Waals surface area contributed by atoms with Crippen molar-refractivity contribution in [2.24, 2.45) is 0 Å². The van der Waals surface area contributed by atoms with Crippen LogP contribution in [0, 0.1) is 0 Å². The summed E-state index contributed by atoms with van der Waals surface area (Å²) in [4.78, 5) is 18.1. The van der Waals surface area contributed by atoms with Crippen molar-refractivity contribution in [3.63, 3.8) is 0 Å². The van der Waals surface area contributed by atoms with Crippen LogP contribution in [0.25, 0.3) is 11.1 Å². The van der Waals surface area contributed by atoms with Gasteiger partial charge in [0.05, 0.1) is 0 Å². The van der Waals surface area contributed by atoms with Gasteiger partial charge in [0, 0.05) is 42.6 Å². The molecule has 4 nitrogen and oxygen atoms in total. The highest BCUT2D eigenvalue weighted by atomic mass is 19.3. The molecule has 1 aromatic carbocycles. The van der Waals surface area contributed by atoms with Crippen LogP contribution in [-0.4, -0.2) is 30.5 Å². The van der Waals surface area contributed by atoms with E-state index in [9.17, 15) is 13.6 Å². The maximum absolute atomic E-state index is 13.9. The number of pyridine rings is 1. The zero-order valence-electron chi connectivity index (χ0n) is 16.6. The van der Waals surface area contributed by atoms with Crippen molar-refractivity contribution in [3.05, 3.63) is 47.3 Å². The predicted molar refractivity (Wildman–Crippen MR) is 108 cm³/mol. The molecule has 0 bridgehead atoms. The van der Waals surface area contributed by atoms with Gasteiger partial charge in [0.25, 0.3) is 12.3 Å². The maximum Gasteiger partial charge on any atom is 0.269 e. The third-order valence-electron chi connectivity index (χ3n) is 5.41. The van der Waals surface area contributed by atoms with E-state index in [1.165, 1.54) is 13.2 Å². The second kappa shape index (κ2) is 8.67. The quantitative estimate of drug-likeness (QED) is 0.760. The van der Waals surface area contributed by atoms with E-state index in [0.717, 1.165) is 43.5 Å². The number of carbonyl (C=O) groups excluding carboxylic acids is 1. The van der Waals surface area contributed by atoms with Crippen LogP contribution in [0.1, 0.15) is 61.2 Å². The number of rotatable bonds is 6. The van der Waals surface area contributed by atoms with Crippen LogP contribution < -0.4 is 10.2 Å². The summed E-state index contributed by atoms with van der Waals surface area (Å²) in [7, 11) is 1.53. The van der Waals surface area contributed by atoms with Crippen LogP contribution in [0.2, 0.25) is 0 Å². The standard InChI is InChI=1S/C22H27F2N3O/c1-4-6-14(2)27-10-5-7-15-11-17(18(21(23)24)12-20(15)27)16-8-9-19(26-13-16)22(28)25-3/h8-9,11-14,21H,4-7,10H2,1-3H3,(H,25,28). The molecule has 1 aliphatic rings. The SMILES string of the molecule is CCCC(C)N1CCCc2cc(-c3ccc(C(=O)NC)nc3)c(C(F)F)cc21. The fourth-order valence-corrected chi connectivity index (χ4v) is 3.95. The summed E-state index contributed by atoms with van der Waals surface area (Å²) in [6.07, 6.45) is 2.92. The summed E-state index contributed by atoms with van der Waals surface area (Å²) in [5, 5.41) is 2.51. The molecular formula is C22H27F2N3O. The summed E-state index contributed by atoms with van der Waals surface area (Å²) < 4.78 is 27.8. The number of halogens is 2. The molecule has 2 heterocycles. The first-order valence-electron chi connectivity index (χ1n) is 9.86. The fraction of sp³-hybridized carbons (Fsp3) is 0.455.